The van der Waals surface area contributed by atoms with Gasteiger partial charge >= 0.3 is 0 Å². The van der Waals surface area contributed by atoms with Gasteiger partial charge in [0.2, 0.25) is 0 Å². The number of hydrogen-bond acceptors (Lipinski definition) is 0. The first-order valence-electron chi connectivity index (χ1n) is 6.54. The van der Waals surface area contributed by atoms with Crippen molar-refractivity contribution in [1.29, 1.82) is 0 Å². The van der Waals surface area contributed by atoms with Crippen LogP contribution < -0.4 is 0 Å². The van der Waals surface area contributed by atoms with Gasteiger partial charge in [-0.1, -0.05) is 60.1 Å². The van der Waals surface area contributed by atoms with Gasteiger partial charge in [0, 0.05) is 4.47 Å². The molecule has 18 heavy (non-hydrogen) atoms. The van der Waals surface area contributed by atoms with Gasteiger partial charge in [-0.05, 0) is 53.6 Å². The smallest absolute Gasteiger partial charge is 0.0254 e. The van der Waals surface area contributed by atoms with Crippen molar-refractivity contribution in [3.05, 3.63) is 57.6 Å². The van der Waals surface area contributed by atoms with E-state index in [1.54, 1.807) is 0 Å². The molecule has 94 valence electrons. The highest BCUT2D eigenvalue weighted by Gasteiger charge is 2.07. The molecule has 0 amide bonds. The van der Waals surface area contributed by atoms with Crippen LogP contribution in [0, 0.1) is 6.92 Å². The number of halogens is 1. The van der Waals surface area contributed by atoms with Crippen LogP contribution in [-0.4, -0.2) is 0 Å². The summed E-state index contributed by atoms with van der Waals surface area (Å²) in [5.41, 5.74) is 6.76. The molecule has 0 aliphatic rings. The van der Waals surface area contributed by atoms with Crippen LogP contribution in [0.1, 0.15) is 30.5 Å². The minimum absolute atomic E-state index is 1.08. The highest BCUT2D eigenvalue weighted by Crippen LogP contribution is 2.32. The highest BCUT2D eigenvalue weighted by atomic mass is 79.9. The molecule has 0 saturated heterocycles. The van der Waals surface area contributed by atoms with Crippen LogP contribution in [-0.2, 0) is 12.8 Å². The van der Waals surface area contributed by atoms with Crippen molar-refractivity contribution in [3.63, 3.8) is 0 Å². The van der Waals surface area contributed by atoms with Gasteiger partial charge in [0.15, 0.2) is 0 Å². The van der Waals surface area contributed by atoms with E-state index in [0.29, 0.717) is 0 Å². The van der Waals surface area contributed by atoms with E-state index in [0.717, 1.165) is 12.8 Å². The monoisotopic (exact) mass is 302 g/mol. The average Bonchev–Trinajstić information content (AvgIpc) is 2.40. The Morgan fingerprint density at radius 1 is 0.833 bits per heavy atom. The first-order valence-corrected chi connectivity index (χ1v) is 7.33. The molecule has 0 bridgehead atoms. The molecule has 0 unspecified atom stereocenters. The van der Waals surface area contributed by atoms with Crippen LogP contribution in [0.3, 0.4) is 0 Å². The third kappa shape index (κ3) is 2.67. The Labute approximate surface area is 118 Å². The zero-order chi connectivity index (χ0) is 13.1. The van der Waals surface area contributed by atoms with Crippen LogP contribution in [0.25, 0.3) is 11.1 Å². The third-order valence-electron chi connectivity index (χ3n) is 3.44. The normalized spacial score (nSPS) is 10.7. The molecule has 0 aliphatic carbocycles. The molecule has 2 aromatic carbocycles. The standard InChI is InChI=1S/C17H19Br/c1-4-13-7-6-12(3)15(10-13)16-11-14(5-2)8-9-17(16)18/h6-11H,4-5H2,1-3H3. The van der Waals surface area contributed by atoms with Gasteiger partial charge < -0.3 is 0 Å². The molecule has 0 fully saturated rings. The summed E-state index contributed by atoms with van der Waals surface area (Å²) in [6.07, 6.45) is 2.16. The largest absolute Gasteiger partial charge is 0.0613 e. The van der Waals surface area contributed by atoms with E-state index >= 15 is 0 Å². The number of rotatable bonds is 3. The summed E-state index contributed by atoms with van der Waals surface area (Å²) in [4.78, 5) is 0. The number of benzene rings is 2. The molecule has 0 radical (unpaired) electrons. The first-order chi connectivity index (χ1) is 8.65. The predicted octanol–water partition coefficient (Wildman–Crippen LogP) is 5.55. The van der Waals surface area contributed by atoms with Crippen molar-refractivity contribution in [3.8, 4) is 11.1 Å². The van der Waals surface area contributed by atoms with Crippen LogP contribution >= 0.6 is 15.9 Å². The van der Waals surface area contributed by atoms with E-state index in [2.05, 4.69) is 73.1 Å². The Kier molecular flexibility index (Phi) is 4.23. The van der Waals surface area contributed by atoms with Crippen molar-refractivity contribution in [2.45, 2.75) is 33.6 Å². The minimum atomic E-state index is 1.08. The van der Waals surface area contributed by atoms with E-state index in [1.165, 1.54) is 32.3 Å². The molecule has 0 saturated carbocycles. The molecular formula is C17H19Br. The maximum atomic E-state index is 3.68. The Hall–Kier alpha value is -1.08. The Bertz CT molecular complexity index is 504. The maximum Gasteiger partial charge on any atom is 0.0254 e. The second-order valence-corrected chi connectivity index (χ2v) is 5.52. The molecule has 0 aromatic heterocycles. The molecule has 0 atom stereocenters. The van der Waals surface area contributed by atoms with Crippen molar-refractivity contribution in [1.82, 2.24) is 0 Å². The van der Waals surface area contributed by atoms with E-state index in [4.69, 9.17) is 0 Å². The quantitative estimate of drug-likeness (QED) is 0.697. The molecule has 0 nitrogen and oxygen atoms in total. The van der Waals surface area contributed by atoms with E-state index < -0.39 is 0 Å². The van der Waals surface area contributed by atoms with Crippen molar-refractivity contribution in [2.75, 3.05) is 0 Å². The number of hydrogen-bond donors (Lipinski definition) is 0. The molecule has 1 heteroatoms. The third-order valence-corrected chi connectivity index (χ3v) is 4.13. The van der Waals surface area contributed by atoms with E-state index in [-0.39, 0.29) is 0 Å². The lowest BCUT2D eigenvalue weighted by molar-refractivity contribution is 1.13. The van der Waals surface area contributed by atoms with Gasteiger partial charge in [-0.15, -0.1) is 0 Å². The van der Waals surface area contributed by atoms with Crippen LogP contribution in [0.4, 0.5) is 0 Å². The topological polar surface area (TPSA) is 0 Å². The predicted molar refractivity (Wildman–Crippen MR) is 83.1 cm³/mol. The van der Waals surface area contributed by atoms with Crippen molar-refractivity contribution >= 4 is 15.9 Å². The van der Waals surface area contributed by atoms with Crippen LogP contribution in [0.5, 0.6) is 0 Å². The second-order valence-electron chi connectivity index (χ2n) is 4.67. The zero-order valence-corrected chi connectivity index (χ0v) is 12.8. The van der Waals surface area contributed by atoms with Gasteiger partial charge in [-0.3, -0.25) is 0 Å². The Balaban J connectivity index is 2.60. The van der Waals surface area contributed by atoms with Gasteiger partial charge in [0.1, 0.15) is 0 Å². The minimum Gasteiger partial charge on any atom is -0.0613 e. The average molecular weight is 303 g/mol. The Morgan fingerprint density at radius 2 is 1.39 bits per heavy atom. The van der Waals surface area contributed by atoms with Gasteiger partial charge in [0.05, 0.1) is 0 Å². The summed E-state index contributed by atoms with van der Waals surface area (Å²) in [6, 6.07) is 13.4. The summed E-state index contributed by atoms with van der Waals surface area (Å²) in [5.74, 6) is 0. The lowest BCUT2D eigenvalue weighted by atomic mass is 9.95. The fourth-order valence-electron chi connectivity index (χ4n) is 2.18. The summed E-state index contributed by atoms with van der Waals surface area (Å²) < 4.78 is 1.18. The fraction of sp³-hybridized carbons (Fsp3) is 0.294. The molecule has 2 aromatic rings. The summed E-state index contributed by atoms with van der Waals surface area (Å²) in [5, 5.41) is 0. The maximum absolute atomic E-state index is 3.68. The summed E-state index contributed by atoms with van der Waals surface area (Å²) in [7, 11) is 0. The number of aryl methyl sites for hydroxylation is 3. The molecule has 0 heterocycles. The molecule has 0 spiro atoms. The fourth-order valence-corrected chi connectivity index (χ4v) is 2.64. The molecule has 2 rings (SSSR count). The molecule has 0 N–H and O–H groups in total. The zero-order valence-electron chi connectivity index (χ0n) is 11.3. The Morgan fingerprint density at radius 3 is 2.00 bits per heavy atom. The van der Waals surface area contributed by atoms with Gasteiger partial charge in [-0.25, -0.2) is 0 Å². The van der Waals surface area contributed by atoms with Crippen LogP contribution in [0.2, 0.25) is 0 Å². The molecular weight excluding hydrogens is 284 g/mol. The van der Waals surface area contributed by atoms with Crippen molar-refractivity contribution < 1.29 is 0 Å². The summed E-state index contributed by atoms with van der Waals surface area (Å²) in [6.45, 7) is 6.58. The van der Waals surface area contributed by atoms with Crippen molar-refractivity contribution in [2.24, 2.45) is 0 Å². The lowest BCUT2D eigenvalue weighted by Gasteiger charge is -2.12. The summed E-state index contributed by atoms with van der Waals surface area (Å²) >= 11 is 3.68. The first kappa shape index (κ1) is 13.4. The lowest BCUT2D eigenvalue weighted by Crippen LogP contribution is -1.90. The van der Waals surface area contributed by atoms with Gasteiger partial charge in [0.25, 0.3) is 0 Å². The van der Waals surface area contributed by atoms with Crippen LogP contribution in [0.15, 0.2) is 40.9 Å². The second kappa shape index (κ2) is 5.71. The van der Waals surface area contributed by atoms with Gasteiger partial charge in [-0.2, -0.15) is 0 Å². The molecule has 0 aliphatic heterocycles. The highest BCUT2D eigenvalue weighted by molar-refractivity contribution is 9.10. The van der Waals surface area contributed by atoms with E-state index in [1.807, 2.05) is 0 Å². The SMILES string of the molecule is CCc1ccc(C)c(-c2cc(CC)ccc2Br)c1. The van der Waals surface area contributed by atoms with E-state index in [9.17, 15) is 0 Å².